The molecular formula is C12H11FN2O2S. The summed E-state index contributed by atoms with van der Waals surface area (Å²) in [6, 6.07) is 5.12. The van der Waals surface area contributed by atoms with Crippen LogP contribution in [0.3, 0.4) is 0 Å². The van der Waals surface area contributed by atoms with Crippen LogP contribution in [0, 0.1) is 5.82 Å². The SMILES string of the molecule is CC1CC(=O)NC(SC(=O)c2ccc(F)cc2)=N1. The molecule has 0 fully saturated rings. The van der Waals surface area contributed by atoms with E-state index in [2.05, 4.69) is 10.3 Å². The highest BCUT2D eigenvalue weighted by Crippen LogP contribution is 2.17. The van der Waals surface area contributed by atoms with Gasteiger partial charge in [0.15, 0.2) is 5.17 Å². The van der Waals surface area contributed by atoms with Crippen LogP contribution in [0.25, 0.3) is 0 Å². The molecule has 0 bridgehead atoms. The first-order valence-corrected chi connectivity index (χ1v) is 6.21. The van der Waals surface area contributed by atoms with Crippen molar-refractivity contribution in [2.24, 2.45) is 4.99 Å². The van der Waals surface area contributed by atoms with Crippen LogP contribution in [-0.2, 0) is 4.79 Å². The summed E-state index contributed by atoms with van der Waals surface area (Å²) in [7, 11) is 0. The monoisotopic (exact) mass is 266 g/mol. The Kier molecular flexibility index (Phi) is 3.76. The van der Waals surface area contributed by atoms with Crippen LogP contribution in [-0.4, -0.2) is 22.2 Å². The molecule has 0 saturated carbocycles. The Balaban J connectivity index is 2.07. The highest BCUT2D eigenvalue weighted by atomic mass is 32.2. The zero-order valence-electron chi connectivity index (χ0n) is 9.64. The number of carbonyl (C=O) groups excluding carboxylic acids is 2. The molecule has 2 rings (SSSR count). The summed E-state index contributed by atoms with van der Waals surface area (Å²) in [5, 5.41) is 2.56. The van der Waals surface area contributed by atoms with E-state index in [1.807, 2.05) is 6.92 Å². The summed E-state index contributed by atoms with van der Waals surface area (Å²) >= 11 is 0.844. The van der Waals surface area contributed by atoms with Crippen molar-refractivity contribution in [3.63, 3.8) is 0 Å². The summed E-state index contributed by atoms with van der Waals surface area (Å²) in [6.45, 7) is 1.81. The minimum absolute atomic E-state index is 0.123. The van der Waals surface area contributed by atoms with Crippen molar-refractivity contribution in [1.29, 1.82) is 0 Å². The zero-order chi connectivity index (χ0) is 13.1. The van der Waals surface area contributed by atoms with E-state index >= 15 is 0 Å². The third kappa shape index (κ3) is 3.16. The van der Waals surface area contributed by atoms with E-state index in [0.29, 0.717) is 17.2 Å². The fraction of sp³-hybridized carbons (Fsp3) is 0.250. The number of nitrogens with one attached hydrogen (secondary N) is 1. The molecule has 1 aliphatic rings. The largest absolute Gasteiger partial charge is 0.305 e. The molecule has 0 radical (unpaired) electrons. The van der Waals surface area contributed by atoms with Crippen LogP contribution in [0.5, 0.6) is 0 Å². The third-order valence-electron chi connectivity index (χ3n) is 2.33. The summed E-state index contributed by atoms with van der Waals surface area (Å²) < 4.78 is 12.7. The second-order valence-electron chi connectivity index (χ2n) is 3.93. The fourth-order valence-electron chi connectivity index (χ4n) is 1.50. The van der Waals surface area contributed by atoms with E-state index in [-0.39, 0.29) is 17.1 Å². The first kappa shape index (κ1) is 12.8. The number of rotatable bonds is 1. The first-order valence-electron chi connectivity index (χ1n) is 5.40. The topological polar surface area (TPSA) is 58.5 Å². The molecular weight excluding hydrogens is 255 g/mol. The van der Waals surface area contributed by atoms with Crippen LogP contribution in [0.4, 0.5) is 4.39 Å². The quantitative estimate of drug-likeness (QED) is 0.845. The van der Waals surface area contributed by atoms with E-state index in [4.69, 9.17) is 0 Å². The number of benzene rings is 1. The third-order valence-corrected chi connectivity index (χ3v) is 3.16. The predicted octanol–water partition coefficient (Wildman–Crippen LogP) is 1.96. The highest BCUT2D eigenvalue weighted by molar-refractivity contribution is 8.26. The van der Waals surface area contributed by atoms with Gasteiger partial charge in [0.25, 0.3) is 0 Å². The Hall–Kier alpha value is -1.69. The van der Waals surface area contributed by atoms with Gasteiger partial charge in [0.05, 0.1) is 6.04 Å². The van der Waals surface area contributed by atoms with Gasteiger partial charge in [-0.25, -0.2) is 4.39 Å². The summed E-state index contributed by atoms with van der Waals surface area (Å²) in [5.74, 6) is -0.541. The Bertz CT molecular complexity index is 513. The number of amides is 1. The van der Waals surface area contributed by atoms with Crippen molar-refractivity contribution in [1.82, 2.24) is 5.32 Å². The normalized spacial score (nSPS) is 19.1. The van der Waals surface area contributed by atoms with E-state index < -0.39 is 5.82 Å². The molecule has 6 heteroatoms. The number of halogens is 1. The van der Waals surface area contributed by atoms with Gasteiger partial charge in [-0.1, -0.05) is 0 Å². The van der Waals surface area contributed by atoms with Gasteiger partial charge in [0.2, 0.25) is 11.0 Å². The van der Waals surface area contributed by atoms with Crippen molar-refractivity contribution in [2.75, 3.05) is 0 Å². The molecule has 0 aliphatic carbocycles. The van der Waals surface area contributed by atoms with Crippen molar-refractivity contribution >= 4 is 28.0 Å². The van der Waals surface area contributed by atoms with Gasteiger partial charge in [-0.15, -0.1) is 0 Å². The second kappa shape index (κ2) is 5.30. The van der Waals surface area contributed by atoms with Gasteiger partial charge < -0.3 is 5.32 Å². The van der Waals surface area contributed by atoms with Crippen molar-refractivity contribution in [3.05, 3.63) is 35.6 Å². The molecule has 1 aromatic carbocycles. The van der Waals surface area contributed by atoms with Crippen molar-refractivity contribution < 1.29 is 14.0 Å². The number of hydrogen-bond donors (Lipinski definition) is 1. The summed E-state index contributed by atoms with van der Waals surface area (Å²) in [4.78, 5) is 27.3. The van der Waals surface area contributed by atoms with Gasteiger partial charge in [0, 0.05) is 12.0 Å². The van der Waals surface area contributed by atoms with Crippen LogP contribution >= 0.6 is 11.8 Å². The van der Waals surface area contributed by atoms with Crippen LogP contribution in [0.1, 0.15) is 23.7 Å². The molecule has 94 valence electrons. The van der Waals surface area contributed by atoms with Crippen molar-refractivity contribution in [2.45, 2.75) is 19.4 Å². The maximum atomic E-state index is 12.7. The maximum absolute atomic E-state index is 12.7. The molecule has 1 aliphatic heterocycles. The van der Waals surface area contributed by atoms with Gasteiger partial charge in [-0.3, -0.25) is 14.6 Å². The van der Waals surface area contributed by atoms with Gasteiger partial charge in [0.1, 0.15) is 5.82 Å². The molecule has 1 amide bonds. The van der Waals surface area contributed by atoms with Gasteiger partial charge in [-0.05, 0) is 43.0 Å². The number of carbonyl (C=O) groups is 2. The van der Waals surface area contributed by atoms with Crippen molar-refractivity contribution in [3.8, 4) is 0 Å². The number of nitrogens with zero attached hydrogens (tertiary/aromatic N) is 1. The molecule has 1 aromatic rings. The molecule has 1 heterocycles. The Morgan fingerprint density at radius 1 is 1.44 bits per heavy atom. The van der Waals surface area contributed by atoms with E-state index in [0.717, 1.165) is 11.8 Å². The molecule has 1 atom stereocenters. The van der Waals surface area contributed by atoms with Crippen LogP contribution < -0.4 is 5.32 Å². The van der Waals surface area contributed by atoms with Gasteiger partial charge in [-0.2, -0.15) is 0 Å². The average molecular weight is 266 g/mol. The minimum atomic E-state index is -0.395. The first-order chi connectivity index (χ1) is 8.54. The van der Waals surface area contributed by atoms with Crippen LogP contribution in [0.15, 0.2) is 29.3 Å². The second-order valence-corrected chi connectivity index (χ2v) is 4.89. The Labute approximate surface area is 108 Å². The molecule has 4 nitrogen and oxygen atoms in total. The maximum Gasteiger partial charge on any atom is 0.228 e. The molecule has 1 unspecified atom stereocenters. The fourth-order valence-corrected chi connectivity index (χ4v) is 2.33. The molecule has 1 N–H and O–H groups in total. The number of hydrogen-bond acceptors (Lipinski definition) is 4. The lowest BCUT2D eigenvalue weighted by atomic mass is 10.2. The minimum Gasteiger partial charge on any atom is -0.305 e. The van der Waals surface area contributed by atoms with E-state index in [9.17, 15) is 14.0 Å². The Morgan fingerprint density at radius 3 is 2.72 bits per heavy atom. The number of aliphatic imine (C=N–C) groups is 1. The number of thioether (sulfide) groups is 1. The van der Waals surface area contributed by atoms with Gasteiger partial charge >= 0.3 is 0 Å². The molecule has 0 spiro atoms. The summed E-state index contributed by atoms with van der Waals surface area (Å²) in [6.07, 6.45) is 0.328. The van der Waals surface area contributed by atoms with E-state index in [1.54, 1.807) is 0 Å². The standard InChI is InChI=1S/C12H11FN2O2S/c1-7-6-10(16)15-12(14-7)18-11(17)8-2-4-9(13)5-3-8/h2-5,7H,6H2,1H3,(H,14,15,16). The predicted molar refractivity (Wildman–Crippen MR) is 68.0 cm³/mol. The molecule has 0 saturated heterocycles. The zero-order valence-corrected chi connectivity index (χ0v) is 10.5. The highest BCUT2D eigenvalue weighted by Gasteiger charge is 2.20. The average Bonchev–Trinajstić information content (AvgIpc) is 2.28. The lowest BCUT2D eigenvalue weighted by Gasteiger charge is -2.16. The Morgan fingerprint density at radius 2 is 2.11 bits per heavy atom. The molecule has 18 heavy (non-hydrogen) atoms. The smallest absolute Gasteiger partial charge is 0.228 e. The molecule has 0 aromatic heterocycles. The van der Waals surface area contributed by atoms with Crippen LogP contribution in [0.2, 0.25) is 0 Å². The lowest BCUT2D eigenvalue weighted by Crippen LogP contribution is -2.36. The number of amidine groups is 1. The van der Waals surface area contributed by atoms with E-state index in [1.165, 1.54) is 24.3 Å². The lowest BCUT2D eigenvalue weighted by molar-refractivity contribution is -0.120. The summed E-state index contributed by atoms with van der Waals surface area (Å²) in [5.41, 5.74) is 0.372.